The van der Waals surface area contributed by atoms with Gasteiger partial charge in [-0.1, -0.05) is 26.3 Å². The minimum Gasteiger partial charge on any atom is -0.456 e. The summed E-state index contributed by atoms with van der Waals surface area (Å²) in [6.45, 7) is 6.78. The van der Waals surface area contributed by atoms with E-state index < -0.39 is 30.3 Å². The molecule has 0 heterocycles. The van der Waals surface area contributed by atoms with E-state index >= 15 is 0 Å². The molecule has 0 aliphatic heterocycles. The maximum Gasteiger partial charge on any atom is 0.340 e. The lowest BCUT2D eigenvalue weighted by Crippen LogP contribution is -2.34. The number of ether oxygens (including phenoxy) is 1. The molecule has 0 bridgehead atoms. The molecule has 0 saturated carbocycles. The average Bonchev–Trinajstić information content (AvgIpc) is 2.11. The predicted molar refractivity (Wildman–Crippen MR) is 59.7 cm³/mol. The molecule has 0 spiro atoms. The Morgan fingerprint density at radius 1 is 1.17 bits per heavy atom. The van der Waals surface area contributed by atoms with Crippen LogP contribution in [0.25, 0.3) is 0 Å². The highest BCUT2D eigenvalue weighted by atomic mass is 19.3. The van der Waals surface area contributed by atoms with Gasteiger partial charge in [-0.2, -0.15) is 8.78 Å². The van der Waals surface area contributed by atoms with Gasteiger partial charge in [0.05, 0.1) is 0 Å². The SMILES string of the molecule is CC(C)=C(C(=O)OCC(F)(F)C(F)F)C(C)(C)C. The van der Waals surface area contributed by atoms with Gasteiger partial charge in [0, 0.05) is 5.57 Å². The smallest absolute Gasteiger partial charge is 0.340 e. The zero-order valence-corrected chi connectivity index (χ0v) is 11.1. The van der Waals surface area contributed by atoms with Crippen LogP contribution in [0.1, 0.15) is 34.6 Å². The van der Waals surface area contributed by atoms with Gasteiger partial charge in [-0.25, -0.2) is 13.6 Å². The van der Waals surface area contributed by atoms with Crippen molar-refractivity contribution in [3.8, 4) is 0 Å². The van der Waals surface area contributed by atoms with E-state index in [1.807, 2.05) is 0 Å². The number of hydrogen-bond acceptors (Lipinski definition) is 2. The summed E-state index contributed by atoms with van der Waals surface area (Å²) in [6, 6.07) is 0. The van der Waals surface area contributed by atoms with Crippen molar-refractivity contribution in [2.75, 3.05) is 6.61 Å². The van der Waals surface area contributed by atoms with Crippen molar-refractivity contribution in [1.29, 1.82) is 0 Å². The third-order valence-electron chi connectivity index (χ3n) is 2.17. The summed E-state index contributed by atoms with van der Waals surface area (Å²) in [7, 11) is 0. The van der Waals surface area contributed by atoms with E-state index in [1.165, 1.54) is 0 Å². The van der Waals surface area contributed by atoms with E-state index in [-0.39, 0.29) is 5.57 Å². The Kier molecular flexibility index (Phi) is 5.37. The minimum absolute atomic E-state index is 0.215. The Bertz CT molecular complexity index is 336. The lowest BCUT2D eigenvalue weighted by atomic mass is 9.84. The summed E-state index contributed by atoms with van der Waals surface area (Å²) in [6.07, 6.45) is -3.85. The fourth-order valence-electron chi connectivity index (χ4n) is 1.56. The third kappa shape index (κ3) is 4.66. The molecule has 0 N–H and O–H groups in total. The molecule has 2 nitrogen and oxygen atoms in total. The van der Waals surface area contributed by atoms with Crippen molar-refractivity contribution in [2.24, 2.45) is 5.41 Å². The zero-order valence-electron chi connectivity index (χ0n) is 11.1. The number of carbonyl (C=O) groups is 1. The summed E-state index contributed by atoms with van der Waals surface area (Å²) >= 11 is 0. The first-order valence-electron chi connectivity index (χ1n) is 5.40. The number of halogens is 4. The quantitative estimate of drug-likeness (QED) is 0.441. The lowest BCUT2D eigenvalue weighted by molar-refractivity contribution is -0.177. The topological polar surface area (TPSA) is 26.3 Å². The molecule has 0 aromatic carbocycles. The number of rotatable bonds is 4. The van der Waals surface area contributed by atoms with E-state index in [0.717, 1.165) is 0 Å². The molecule has 0 aromatic heterocycles. The van der Waals surface area contributed by atoms with Crippen LogP contribution in [0.5, 0.6) is 0 Å². The molecule has 0 atom stereocenters. The third-order valence-corrected chi connectivity index (χ3v) is 2.17. The molecule has 0 radical (unpaired) electrons. The number of esters is 1. The predicted octanol–water partition coefficient (Wildman–Crippen LogP) is 3.81. The van der Waals surface area contributed by atoms with Crippen LogP contribution in [0.4, 0.5) is 17.6 Å². The largest absolute Gasteiger partial charge is 0.456 e. The second-order valence-corrected chi connectivity index (χ2v) is 5.26. The van der Waals surface area contributed by atoms with Gasteiger partial charge < -0.3 is 4.74 Å². The molecule has 0 fully saturated rings. The average molecular weight is 270 g/mol. The highest BCUT2D eigenvalue weighted by Crippen LogP contribution is 2.30. The number of hydrogen-bond donors (Lipinski definition) is 0. The van der Waals surface area contributed by atoms with E-state index in [0.29, 0.717) is 5.57 Å². The standard InChI is InChI=1S/C12H18F4O2/c1-7(2)8(11(3,4)5)9(17)18-6-12(15,16)10(13)14/h10H,6H2,1-5H3. The van der Waals surface area contributed by atoms with Crippen molar-refractivity contribution in [1.82, 2.24) is 0 Å². The summed E-state index contributed by atoms with van der Waals surface area (Å²) in [4.78, 5) is 11.6. The van der Waals surface area contributed by atoms with Crippen molar-refractivity contribution < 1.29 is 27.1 Å². The van der Waals surface area contributed by atoms with Crippen LogP contribution >= 0.6 is 0 Å². The van der Waals surface area contributed by atoms with E-state index in [4.69, 9.17) is 0 Å². The summed E-state index contributed by atoms with van der Waals surface area (Å²) in [5, 5.41) is 0. The maximum atomic E-state index is 12.6. The molecule has 0 unspecified atom stereocenters. The van der Waals surface area contributed by atoms with Crippen LogP contribution < -0.4 is 0 Å². The summed E-state index contributed by atoms with van der Waals surface area (Å²) < 4.78 is 53.3. The van der Waals surface area contributed by atoms with E-state index in [2.05, 4.69) is 4.74 Å². The second-order valence-electron chi connectivity index (χ2n) is 5.26. The first kappa shape index (κ1) is 16.9. The molecule has 106 valence electrons. The molecule has 6 heteroatoms. The molecular weight excluding hydrogens is 252 g/mol. The Morgan fingerprint density at radius 3 is 1.89 bits per heavy atom. The Hall–Kier alpha value is -1.07. The van der Waals surface area contributed by atoms with Crippen LogP contribution in [-0.2, 0) is 9.53 Å². The van der Waals surface area contributed by atoms with Crippen LogP contribution in [-0.4, -0.2) is 24.9 Å². The maximum absolute atomic E-state index is 12.6. The first-order valence-corrected chi connectivity index (χ1v) is 5.40. The zero-order chi connectivity index (χ0) is 14.7. The van der Waals surface area contributed by atoms with Crippen LogP contribution in [0.15, 0.2) is 11.1 Å². The molecule has 0 aliphatic rings. The van der Waals surface area contributed by atoms with Gasteiger partial charge in [0.25, 0.3) is 0 Å². The lowest BCUT2D eigenvalue weighted by Gasteiger charge is -2.24. The molecule has 0 saturated heterocycles. The van der Waals surface area contributed by atoms with Gasteiger partial charge >= 0.3 is 18.3 Å². The van der Waals surface area contributed by atoms with Crippen LogP contribution in [0.2, 0.25) is 0 Å². The van der Waals surface area contributed by atoms with Crippen molar-refractivity contribution in [3.63, 3.8) is 0 Å². The Labute approximate surface area is 104 Å². The van der Waals surface area contributed by atoms with Gasteiger partial charge in [0.1, 0.15) is 0 Å². The normalized spacial score (nSPS) is 12.6. The molecule has 0 aromatic rings. The highest BCUT2D eigenvalue weighted by molar-refractivity contribution is 5.90. The minimum atomic E-state index is -4.32. The molecule has 0 aliphatic carbocycles. The van der Waals surface area contributed by atoms with Gasteiger partial charge in [0.15, 0.2) is 6.61 Å². The summed E-state index contributed by atoms with van der Waals surface area (Å²) in [5.74, 6) is -5.30. The number of carbonyl (C=O) groups excluding carboxylic acids is 1. The highest BCUT2D eigenvalue weighted by Gasteiger charge is 2.42. The summed E-state index contributed by atoms with van der Waals surface area (Å²) in [5.41, 5.74) is 0.219. The van der Waals surface area contributed by atoms with Crippen LogP contribution in [0.3, 0.4) is 0 Å². The molecule has 18 heavy (non-hydrogen) atoms. The fraction of sp³-hybridized carbons (Fsp3) is 0.750. The monoisotopic (exact) mass is 270 g/mol. The fourth-order valence-corrected chi connectivity index (χ4v) is 1.56. The van der Waals surface area contributed by atoms with Crippen molar-refractivity contribution >= 4 is 5.97 Å². The van der Waals surface area contributed by atoms with Crippen molar-refractivity contribution in [3.05, 3.63) is 11.1 Å². The van der Waals surface area contributed by atoms with Gasteiger partial charge in [-0.3, -0.25) is 0 Å². The van der Waals surface area contributed by atoms with Gasteiger partial charge in [-0.05, 0) is 19.3 Å². The van der Waals surface area contributed by atoms with Gasteiger partial charge in [-0.15, -0.1) is 0 Å². The first-order chi connectivity index (χ1) is 7.89. The number of allylic oxidation sites excluding steroid dienone is 1. The molecular formula is C12H18F4O2. The molecule has 0 rings (SSSR count). The van der Waals surface area contributed by atoms with Crippen molar-refractivity contribution in [2.45, 2.75) is 47.0 Å². The molecule has 0 amide bonds. The number of alkyl halides is 4. The van der Waals surface area contributed by atoms with E-state index in [1.54, 1.807) is 34.6 Å². The Balaban J connectivity index is 4.84. The Morgan fingerprint density at radius 2 is 1.61 bits per heavy atom. The van der Waals surface area contributed by atoms with E-state index in [9.17, 15) is 22.4 Å². The van der Waals surface area contributed by atoms with Gasteiger partial charge in [0.2, 0.25) is 0 Å². The second kappa shape index (κ2) is 5.71. The van der Waals surface area contributed by atoms with Crippen LogP contribution in [0, 0.1) is 5.41 Å².